The molecule has 1 saturated heterocycles. The third-order valence-corrected chi connectivity index (χ3v) is 2.09. The minimum atomic E-state index is -3.23. The van der Waals surface area contributed by atoms with E-state index in [1.807, 2.05) is 0 Å². The number of hydrogen-bond acceptors (Lipinski definition) is 2. The van der Waals surface area contributed by atoms with Crippen LogP contribution >= 0.6 is 11.8 Å². The zero-order chi connectivity index (χ0) is 6.91. The lowest BCUT2D eigenvalue weighted by Gasteiger charge is -2.26. The van der Waals surface area contributed by atoms with Crippen LogP contribution in [0.3, 0.4) is 0 Å². The van der Waals surface area contributed by atoms with E-state index in [0.29, 0.717) is 5.75 Å². The van der Waals surface area contributed by atoms with Gasteiger partial charge in [0.05, 0.1) is 5.75 Å². The van der Waals surface area contributed by atoms with Crippen molar-refractivity contribution in [2.75, 3.05) is 18.1 Å². The first-order chi connectivity index (χ1) is 4.13. The van der Waals surface area contributed by atoms with E-state index in [4.69, 9.17) is 0 Å². The van der Waals surface area contributed by atoms with Crippen LogP contribution in [-0.4, -0.2) is 29.2 Å². The van der Waals surface area contributed by atoms with Crippen LogP contribution in [0.5, 0.6) is 0 Å². The molecule has 5 heteroatoms. The summed E-state index contributed by atoms with van der Waals surface area (Å²) < 4.78 is 36.3. The fourth-order valence-corrected chi connectivity index (χ4v) is 1.39. The third-order valence-electron chi connectivity index (χ3n) is 1.06. The summed E-state index contributed by atoms with van der Waals surface area (Å²) in [5.41, 5.74) is 0. The van der Waals surface area contributed by atoms with E-state index in [-0.39, 0.29) is 6.54 Å². The summed E-state index contributed by atoms with van der Waals surface area (Å²) in [6.45, 7) is -0.169. The van der Waals surface area contributed by atoms with Crippen LogP contribution in [0.2, 0.25) is 0 Å². The van der Waals surface area contributed by atoms with Crippen LogP contribution in [0, 0.1) is 0 Å². The summed E-state index contributed by atoms with van der Waals surface area (Å²) in [7, 11) is 0. The Labute approximate surface area is 55.1 Å². The largest absolute Gasteiger partial charge is 0.338 e. The molecule has 1 heterocycles. The van der Waals surface area contributed by atoms with Gasteiger partial charge >= 0.3 is 6.05 Å². The first-order valence-electron chi connectivity index (χ1n) is 2.52. The second-order valence-corrected chi connectivity index (χ2v) is 2.91. The molecule has 54 valence electrons. The zero-order valence-corrected chi connectivity index (χ0v) is 5.43. The van der Waals surface area contributed by atoms with Gasteiger partial charge in [0.1, 0.15) is 0 Å². The molecule has 0 N–H and O–H groups in total. The van der Waals surface area contributed by atoms with E-state index >= 15 is 0 Å². The fourth-order valence-electron chi connectivity index (χ4n) is 0.573. The van der Waals surface area contributed by atoms with Gasteiger partial charge in [0.25, 0.3) is 0 Å². The molecule has 0 atom stereocenters. The molecule has 0 aromatic heterocycles. The van der Waals surface area contributed by atoms with E-state index in [2.05, 4.69) is 0 Å². The smallest absolute Gasteiger partial charge is 0.185 e. The standard InChI is InChI=1S/C4H6F3NS/c5-4(6)3-9-2-1-8(4)7/h1-3H2. The van der Waals surface area contributed by atoms with Crippen molar-refractivity contribution in [2.45, 2.75) is 6.05 Å². The van der Waals surface area contributed by atoms with Crippen molar-refractivity contribution in [2.24, 2.45) is 0 Å². The Kier molecular flexibility index (Phi) is 1.91. The molecule has 0 aliphatic carbocycles. The molecule has 0 bridgehead atoms. The van der Waals surface area contributed by atoms with E-state index in [1.54, 1.807) is 0 Å². The monoisotopic (exact) mass is 157 g/mol. The molecule has 0 spiro atoms. The molecule has 0 amide bonds. The van der Waals surface area contributed by atoms with E-state index in [1.165, 1.54) is 0 Å². The summed E-state index contributed by atoms with van der Waals surface area (Å²) in [6, 6.07) is -3.23. The second kappa shape index (κ2) is 2.38. The van der Waals surface area contributed by atoms with Gasteiger partial charge in [-0.3, -0.25) is 0 Å². The van der Waals surface area contributed by atoms with Gasteiger partial charge < -0.3 is 0 Å². The van der Waals surface area contributed by atoms with Crippen LogP contribution in [0.25, 0.3) is 0 Å². The van der Waals surface area contributed by atoms with Crippen LogP contribution in [0.1, 0.15) is 0 Å². The number of thioether (sulfide) groups is 1. The summed E-state index contributed by atoms with van der Waals surface area (Å²) in [6.07, 6.45) is 0. The van der Waals surface area contributed by atoms with Crippen LogP contribution in [0.4, 0.5) is 13.3 Å². The van der Waals surface area contributed by atoms with Crippen molar-refractivity contribution in [3.05, 3.63) is 0 Å². The topological polar surface area (TPSA) is 3.24 Å². The average Bonchev–Trinajstić information content (AvgIpc) is 1.77. The molecular weight excluding hydrogens is 151 g/mol. The van der Waals surface area contributed by atoms with Crippen molar-refractivity contribution in [1.82, 2.24) is 5.12 Å². The van der Waals surface area contributed by atoms with Gasteiger partial charge in [0, 0.05) is 12.3 Å². The molecule has 1 fully saturated rings. The van der Waals surface area contributed by atoms with Gasteiger partial charge in [0.2, 0.25) is 0 Å². The Morgan fingerprint density at radius 2 is 2.11 bits per heavy atom. The Bertz CT molecular complexity index is 108. The lowest BCUT2D eigenvalue weighted by atomic mass is 10.5. The number of rotatable bonds is 0. The first kappa shape index (κ1) is 7.21. The Morgan fingerprint density at radius 3 is 2.44 bits per heavy atom. The lowest BCUT2D eigenvalue weighted by Crippen LogP contribution is -2.42. The van der Waals surface area contributed by atoms with Crippen LogP contribution in [0.15, 0.2) is 0 Å². The van der Waals surface area contributed by atoms with E-state index in [9.17, 15) is 13.3 Å². The number of hydrogen-bond donors (Lipinski definition) is 0. The van der Waals surface area contributed by atoms with Gasteiger partial charge in [0.15, 0.2) is 0 Å². The molecular formula is C4H6F3NS. The summed E-state index contributed by atoms with van der Waals surface area (Å²) >= 11 is 1.07. The maximum atomic E-state index is 12.1. The van der Waals surface area contributed by atoms with Crippen LogP contribution < -0.4 is 0 Å². The fraction of sp³-hybridized carbons (Fsp3) is 1.00. The molecule has 0 aromatic carbocycles. The molecule has 0 saturated carbocycles. The van der Waals surface area contributed by atoms with Gasteiger partial charge in [-0.2, -0.15) is 20.5 Å². The summed E-state index contributed by atoms with van der Waals surface area (Å²) in [5, 5.41) is -0.399. The highest BCUT2D eigenvalue weighted by atomic mass is 32.2. The van der Waals surface area contributed by atoms with Crippen LogP contribution in [-0.2, 0) is 0 Å². The Morgan fingerprint density at radius 1 is 1.44 bits per heavy atom. The summed E-state index contributed by atoms with van der Waals surface area (Å²) in [5.74, 6) is 0.0234. The summed E-state index contributed by atoms with van der Waals surface area (Å²) in [4.78, 5) is 0. The van der Waals surface area contributed by atoms with Crippen molar-refractivity contribution >= 4 is 11.8 Å². The number of halogens is 3. The highest BCUT2D eigenvalue weighted by Crippen LogP contribution is 2.29. The predicted molar refractivity (Wildman–Crippen MR) is 30.1 cm³/mol. The second-order valence-electron chi connectivity index (χ2n) is 1.80. The molecule has 1 aliphatic rings. The van der Waals surface area contributed by atoms with Crippen molar-refractivity contribution in [3.63, 3.8) is 0 Å². The minimum absolute atomic E-state index is 0.169. The zero-order valence-electron chi connectivity index (χ0n) is 4.61. The normalized spacial score (nSPS) is 28.3. The SMILES string of the molecule is FN1CCSCC1(F)F. The maximum Gasteiger partial charge on any atom is 0.338 e. The molecule has 1 rings (SSSR count). The van der Waals surface area contributed by atoms with Gasteiger partial charge in [-0.25, -0.2) is 0 Å². The van der Waals surface area contributed by atoms with Crippen molar-refractivity contribution in [3.8, 4) is 0 Å². The van der Waals surface area contributed by atoms with Gasteiger partial charge in [-0.1, -0.05) is 5.12 Å². The highest BCUT2D eigenvalue weighted by Gasteiger charge is 2.40. The molecule has 9 heavy (non-hydrogen) atoms. The lowest BCUT2D eigenvalue weighted by molar-refractivity contribution is -0.219. The van der Waals surface area contributed by atoms with Crippen molar-refractivity contribution < 1.29 is 13.3 Å². The molecule has 1 nitrogen and oxygen atoms in total. The number of alkyl halides is 2. The molecule has 1 aliphatic heterocycles. The maximum absolute atomic E-state index is 12.1. The molecule has 0 radical (unpaired) electrons. The number of nitrogens with zero attached hydrogens (tertiary/aromatic N) is 1. The molecule has 0 aromatic rings. The average molecular weight is 157 g/mol. The van der Waals surface area contributed by atoms with E-state index in [0.717, 1.165) is 11.8 Å². The third kappa shape index (κ3) is 1.52. The van der Waals surface area contributed by atoms with Gasteiger partial charge in [-0.15, -0.1) is 4.48 Å². The Balaban J connectivity index is 2.49. The van der Waals surface area contributed by atoms with Gasteiger partial charge in [-0.05, 0) is 0 Å². The first-order valence-corrected chi connectivity index (χ1v) is 3.67. The highest BCUT2D eigenvalue weighted by molar-refractivity contribution is 7.99. The Hall–Kier alpha value is 0.1000. The minimum Gasteiger partial charge on any atom is -0.185 e. The quantitative estimate of drug-likeness (QED) is 0.387. The predicted octanol–water partition coefficient (Wildman–Crippen LogP) is 1.51. The van der Waals surface area contributed by atoms with E-state index < -0.39 is 16.9 Å². The molecule has 0 unspecified atom stereocenters. The van der Waals surface area contributed by atoms with Crippen molar-refractivity contribution in [1.29, 1.82) is 0 Å².